The Labute approximate surface area is 302 Å². The molecule has 1 aliphatic rings. The first kappa shape index (κ1) is 29.3. The summed E-state index contributed by atoms with van der Waals surface area (Å²) in [6.07, 6.45) is 0. The summed E-state index contributed by atoms with van der Waals surface area (Å²) >= 11 is 0. The number of benzene rings is 9. The fraction of sp³-hybridized carbons (Fsp3) is 0.0588. The molecule has 0 atom stereocenters. The highest BCUT2D eigenvalue weighted by molar-refractivity contribution is 6.21. The molecule has 9 aromatic carbocycles. The van der Waals surface area contributed by atoms with Crippen LogP contribution in [0.5, 0.6) is 0 Å². The molecule has 0 amide bonds. The molecule has 10 aromatic rings. The first-order valence-corrected chi connectivity index (χ1v) is 18.2. The Hall–Kier alpha value is -6.44. The van der Waals surface area contributed by atoms with Gasteiger partial charge in [0.15, 0.2) is 0 Å². The highest BCUT2D eigenvalue weighted by Gasteiger charge is 2.37. The van der Waals surface area contributed by atoms with Crippen LogP contribution < -0.4 is 0 Å². The van der Waals surface area contributed by atoms with E-state index < -0.39 is 0 Å². The van der Waals surface area contributed by atoms with Gasteiger partial charge in [-0.05, 0) is 112 Å². The topological polar surface area (TPSA) is 13.1 Å². The van der Waals surface area contributed by atoms with Gasteiger partial charge in [-0.15, -0.1) is 0 Å². The van der Waals surface area contributed by atoms with Gasteiger partial charge in [0, 0.05) is 16.2 Å². The van der Waals surface area contributed by atoms with Crippen LogP contribution in [0.2, 0.25) is 0 Å². The van der Waals surface area contributed by atoms with Crippen molar-refractivity contribution in [2.45, 2.75) is 19.3 Å². The minimum Gasteiger partial charge on any atom is -0.456 e. The van der Waals surface area contributed by atoms with E-state index in [1.54, 1.807) is 0 Å². The van der Waals surface area contributed by atoms with E-state index in [1.807, 2.05) is 12.1 Å². The Morgan fingerprint density at radius 1 is 0.365 bits per heavy atom. The van der Waals surface area contributed by atoms with Crippen molar-refractivity contribution < 1.29 is 4.42 Å². The van der Waals surface area contributed by atoms with Crippen molar-refractivity contribution in [3.8, 4) is 44.5 Å². The van der Waals surface area contributed by atoms with E-state index >= 15 is 0 Å². The van der Waals surface area contributed by atoms with Gasteiger partial charge in [-0.1, -0.05) is 159 Å². The van der Waals surface area contributed by atoms with Crippen LogP contribution in [0.1, 0.15) is 25.0 Å². The van der Waals surface area contributed by atoms with Crippen molar-refractivity contribution in [2.24, 2.45) is 0 Å². The standard InChI is InChI=1S/C51H34O/c1-51(2)45-27-24-35(30-43(45)42-26-23-32-11-3-4-12-36(32)50(42)51)49-40-16-7-5-14-38(40)48(39-15-6-8-17-41(39)49)33-21-19-31(20-22-33)34-25-28-47-44(29-34)37-13-9-10-18-46(37)52-47/h3-30H,1-2H3. The maximum Gasteiger partial charge on any atom is 0.135 e. The molecule has 1 aromatic heterocycles. The molecule has 0 saturated carbocycles. The number of fused-ring (bicyclic) bond motifs is 10. The molecule has 0 radical (unpaired) electrons. The Morgan fingerprint density at radius 3 is 1.62 bits per heavy atom. The van der Waals surface area contributed by atoms with Crippen molar-refractivity contribution in [2.75, 3.05) is 0 Å². The molecule has 0 saturated heterocycles. The average Bonchev–Trinajstić information content (AvgIpc) is 3.68. The van der Waals surface area contributed by atoms with Crippen molar-refractivity contribution in [3.05, 3.63) is 181 Å². The second-order valence-corrected chi connectivity index (χ2v) is 14.8. The summed E-state index contributed by atoms with van der Waals surface area (Å²) < 4.78 is 6.11. The van der Waals surface area contributed by atoms with Crippen LogP contribution in [0.3, 0.4) is 0 Å². The fourth-order valence-corrected chi connectivity index (χ4v) is 9.26. The fourth-order valence-electron chi connectivity index (χ4n) is 9.26. The van der Waals surface area contributed by atoms with E-state index in [0.717, 1.165) is 21.9 Å². The SMILES string of the molecule is CC1(C)c2ccc(-c3c4ccccc4c(-c4ccc(-c5ccc6oc7ccccc7c6c5)cc4)c4ccccc34)cc2-c2ccc3ccccc3c21. The quantitative estimate of drug-likeness (QED) is 0.172. The molecule has 244 valence electrons. The molecule has 0 bridgehead atoms. The highest BCUT2D eigenvalue weighted by atomic mass is 16.3. The molecular formula is C51H34O. The monoisotopic (exact) mass is 662 g/mol. The predicted molar refractivity (Wildman–Crippen MR) is 220 cm³/mol. The molecule has 1 nitrogen and oxygen atoms in total. The van der Waals surface area contributed by atoms with Gasteiger partial charge < -0.3 is 4.42 Å². The van der Waals surface area contributed by atoms with Gasteiger partial charge in [0.25, 0.3) is 0 Å². The molecule has 1 heteroatoms. The van der Waals surface area contributed by atoms with Crippen LogP contribution in [-0.4, -0.2) is 0 Å². The summed E-state index contributed by atoms with van der Waals surface area (Å²) in [5.41, 5.74) is 14.7. The third-order valence-electron chi connectivity index (χ3n) is 11.6. The predicted octanol–water partition coefficient (Wildman–Crippen LogP) is 14.4. The molecular weight excluding hydrogens is 629 g/mol. The molecule has 52 heavy (non-hydrogen) atoms. The number of hydrogen-bond donors (Lipinski definition) is 0. The van der Waals surface area contributed by atoms with Crippen LogP contribution in [0.4, 0.5) is 0 Å². The lowest BCUT2D eigenvalue weighted by atomic mass is 9.80. The zero-order chi connectivity index (χ0) is 34.6. The van der Waals surface area contributed by atoms with Crippen molar-refractivity contribution in [3.63, 3.8) is 0 Å². The number of rotatable bonds is 3. The summed E-state index contributed by atoms with van der Waals surface area (Å²) in [5, 5.41) is 10.0. The van der Waals surface area contributed by atoms with Gasteiger partial charge in [-0.25, -0.2) is 0 Å². The number of hydrogen-bond acceptors (Lipinski definition) is 1. The number of furan rings is 1. The van der Waals surface area contributed by atoms with Crippen LogP contribution in [0, 0.1) is 0 Å². The molecule has 0 aliphatic heterocycles. The first-order valence-electron chi connectivity index (χ1n) is 18.2. The van der Waals surface area contributed by atoms with E-state index in [9.17, 15) is 0 Å². The van der Waals surface area contributed by atoms with Crippen LogP contribution >= 0.6 is 0 Å². The van der Waals surface area contributed by atoms with Crippen LogP contribution in [0.25, 0.3) is 98.8 Å². The lowest BCUT2D eigenvalue weighted by Crippen LogP contribution is -2.15. The van der Waals surface area contributed by atoms with Gasteiger partial charge >= 0.3 is 0 Å². The minimum atomic E-state index is -0.0811. The Bertz CT molecular complexity index is 3030. The van der Waals surface area contributed by atoms with Crippen LogP contribution in [-0.2, 0) is 5.41 Å². The third-order valence-corrected chi connectivity index (χ3v) is 11.6. The smallest absolute Gasteiger partial charge is 0.135 e. The van der Waals surface area contributed by atoms with Gasteiger partial charge in [-0.3, -0.25) is 0 Å². The van der Waals surface area contributed by atoms with Gasteiger partial charge in [-0.2, -0.15) is 0 Å². The normalized spacial score (nSPS) is 13.3. The van der Waals surface area contributed by atoms with Crippen molar-refractivity contribution >= 4 is 54.3 Å². The third kappa shape index (κ3) is 4.11. The lowest BCUT2D eigenvalue weighted by molar-refractivity contribution is 0.666. The minimum absolute atomic E-state index is 0.0811. The van der Waals surface area contributed by atoms with E-state index in [1.165, 1.54) is 88.0 Å². The highest BCUT2D eigenvalue weighted by Crippen LogP contribution is 2.53. The second kappa shape index (κ2) is 10.8. The summed E-state index contributed by atoms with van der Waals surface area (Å²) in [5.74, 6) is 0. The molecule has 1 aliphatic carbocycles. The molecule has 0 fully saturated rings. The van der Waals surface area contributed by atoms with Crippen molar-refractivity contribution in [1.82, 2.24) is 0 Å². The van der Waals surface area contributed by atoms with E-state index in [0.29, 0.717) is 0 Å². The Kier molecular flexibility index (Phi) is 6.08. The number of para-hydroxylation sites is 1. The van der Waals surface area contributed by atoms with E-state index in [2.05, 4.69) is 172 Å². The summed E-state index contributed by atoms with van der Waals surface area (Å²) in [4.78, 5) is 0. The van der Waals surface area contributed by atoms with Gasteiger partial charge in [0.2, 0.25) is 0 Å². The van der Waals surface area contributed by atoms with Gasteiger partial charge in [0.05, 0.1) is 0 Å². The van der Waals surface area contributed by atoms with Gasteiger partial charge in [0.1, 0.15) is 11.2 Å². The molecule has 0 N–H and O–H groups in total. The van der Waals surface area contributed by atoms with E-state index in [4.69, 9.17) is 4.42 Å². The Morgan fingerprint density at radius 2 is 0.904 bits per heavy atom. The maximum atomic E-state index is 6.11. The largest absolute Gasteiger partial charge is 0.456 e. The first-order chi connectivity index (χ1) is 25.5. The maximum absolute atomic E-state index is 6.11. The van der Waals surface area contributed by atoms with E-state index in [-0.39, 0.29) is 5.41 Å². The summed E-state index contributed by atoms with van der Waals surface area (Å²) in [6, 6.07) is 62.5. The Balaban J connectivity index is 1.08. The second-order valence-electron chi connectivity index (χ2n) is 14.8. The van der Waals surface area contributed by atoms with Crippen LogP contribution in [0.15, 0.2) is 174 Å². The summed E-state index contributed by atoms with van der Waals surface area (Å²) in [6.45, 7) is 4.76. The molecule has 0 unspecified atom stereocenters. The molecule has 11 rings (SSSR count). The molecule has 0 spiro atoms. The van der Waals surface area contributed by atoms with Crippen molar-refractivity contribution in [1.29, 1.82) is 0 Å². The zero-order valence-corrected chi connectivity index (χ0v) is 29.1. The zero-order valence-electron chi connectivity index (χ0n) is 29.1. The molecule has 1 heterocycles. The lowest BCUT2D eigenvalue weighted by Gasteiger charge is -2.23. The summed E-state index contributed by atoms with van der Waals surface area (Å²) in [7, 11) is 0. The average molecular weight is 663 g/mol.